The molecule has 32 heavy (non-hydrogen) atoms. The summed E-state index contributed by atoms with van der Waals surface area (Å²) in [4.78, 5) is 29.9. The molecule has 2 aromatic heterocycles. The van der Waals surface area contributed by atoms with Crippen molar-refractivity contribution in [2.75, 3.05) is 10.6 Å². The number of benzene rings is 1. The van der Waals surface area contributed by atoms with Gasteiger partial charge in [-0.2, -0.15) is 5.26 Å². The Morgan fingerprint density at radius 2 is 2.06 bits per heavy atom. The summed E-state index contributed by atoms with van der Waals surface area (Å²) in [6.45, 7) is 5.41. The van der Waals surface area contributed by atoms with Gasteiger partial charge >= 0.3 is 0 Å². The number of hydrogen-bond donors (Lipinski definition) is 3. The SMILES string of the molecule is C=CC(=O)Nc1cc(C(=O)Nc2nc3cccc(C)c3n2C2CCC(O)CC2)sc1C#N. The van der Waals surface area contributed by atoms with E-state index < -0.39 is 11.8 Å². The van der Waals surface area contributed by atoms with Gasteiger partial charge < -0.3 is 15.0 Å². The number of aliphatic hydroxyl groups excluding tert-OH is 1. The molecule has 8 nitrogen and oxygen atoms in total. The van der Waals surface area contributed by atoms with Crippen LogP contribution in [0.25, 0.3) is 11.0 Å². The fraction of sp³-hybridized carbons (Fsp3) is 0.304. The Morgan fingerprint density at radius 3 is 2.75 bits per heavy atom. The maximum absolute atomic E-state index is 13.1. The maximum atomic E-state index is 13.1. The second-order valence-electron chi connectivity index (χ2n) is 7.82. The fourth-order valence-electron chi connectivity index (χ4n) is 4.11. The molecule has 0 atom stereocenters. The number of thiophene rings is 1. The van der Waals surface area contributed by atoms with Crippen LogP contribution in [-0.2, 0) is 4.79 Å². The number of fused-ring (bicyclic) bond motifs is 1. The average molecular weight is 450 g/mol. The van der Waals surface area contributed by atoms with Crippen molar-refractivity contribution in [1.82, 2.24) is 9.55 Å². The minimum absolute atomic E-state index is 0.111. The van der Waals surface area contributed by atoms with Crippen LogP contribution in [0.4, 0.5) is 11.6 Å². The van der Waals surface area contributed by atoms with Crippen LogP contribution < -0.4 is 10.6 Å². The lowest BCUT2D eigenvalue weighted by Crippen LogP contribution is -2.23. The molecule has 0 unspecified atom stereocenters. The van der Waals surface area contributed by atoms with Gasteiger partial charge in [0.05, 0.1) is 27.7 Å². The zero-order valence-corrected chi connectivity index (χ0v) is 18.4. The van der Waals surface area contributed by atoms with Crippen LogP contribution in [0.3, 0.4) is 0 Å². The smallest absolute Gasteiger partial charge is 0.268 e. The molecular formula is C23H23N5O3S. The van der Waals surface area contributed by atoms with Gasteiger partial charge in [-0.1, -0.05) is 18.7 Å². The highest BCUT2D eigenvalue weighted by Crippen LogP contribution is 2.36. The van der Waals surface area contributed by atoms with E-state index in [1.165, 1.54) is 6.07 Å². The van der Waals surface area contributed by atoms with Crippen molar-refractivity contribution in [3.63, 3.8) is 0 Å². The number of hydrogen-bond acceptors (Lipinski definition) is 6. The molecule has 1 aromatic carbocycles. The minimum Gasteiger partial charge on any atom is -0.393 e. The lowest BCUT2D eigenvalue weighted by Gasteiger charge is -2.28. The number of nitrogens with zero attached hydrogens (tertiary/aromatic N) is 3. The molecule has 2 heterocycles. The summed E-state index contributed by atoms with van der Waals surface area (Å²) in [5.41, 5.74) is 3.08. The number of nitrogens with one attached hydrogen (secondary N) is 2. The molecule has 0 saturated heterocycles. The molecular weight excluding hydrogens is 426 g/mol. The van der Waals surface area contributed by atoms with Crippen molar-refractivity contribution in [3.05, 3.63) is 52.2 Å². The monoisotopic (exact) mass is 449 g/mol. The van der Waals surface area contributed by atoms with Gasteiger partial charge in [-0.05, 0) is 56.4 Å². The van der Waals surface area contributed by atoms with E-state index in [-0.39, 0.29) is 27.6 Å². The molecule has 1 fully saturated rings. The van der Waals surface area contributed by atoms with Crippen LogP contribution in [0.2, 0.25) is 0 Å². The number of aromatic nitrogens is 2. The third kappa shape index (κ3) is 4.15. The number of amides is 2. The number of carbonyl (C=O) groups excluding carboxylic acids is 2. The molecule has 164 valence electrons. The molecule has 0 spiro atoms. The summed E-state index contributed by atoms with van der Waals surface area (Å²) in [6, 6.07) is 9.45. The van der Waals surface area contributed by atoms with Gasteiger partial charge in [0.15, 0.2) is 0 Å². The predicted octanol–water partition coefficient (Wildman–Crippen LogP) is 4.13. The van der Waals surface area contributed by atoms with E-state index in [4.69, 9.17) is 0 Å². The van der Waals surface area contributed by atoms with Crippen LogP contribution in [0.1, 0.15) is 51.8 Å². The van der Waals surface area contributed by atoms with Gasteiger partial charge in [0, 0.05) is 6.04 Å². The first kappa shape index (κ1) is 21.7. The molecule has 1 aliphatic carbocycles. The van der Waals surface area contributed by atoms with Crippen molar-refractivity contribution in [2.45, 2.75) is 44.8 Å². The lowest BCUT2D eigenvalue weighted by molar-refractivity contribution is -0.111. The highest BCUT2D eigenvalue weighted by Gasteiger charge is 2.27. The third-order valence-corrected chi connectivity index (χ3v) is 6.71. The van der Waals surface area contributed by atoms with Crippen LogP contribution in [0.15, 0.2) is 36.9 Å². The van der Waals surface area contributed by atoms with E-state index in [1.807, 2.05) is 31.2 Å². The number of rotatable bonds is 5. The van der Waals surface area contributed by atoms with E-state index in [0.717, 1.165) is 46.9 Å². The Kier molecular flexibility index (Phi) is 6.08. The van der Waals surface area contributed by atoms with Crippen LogP contribution >= 0.6 is 11.3 Å². The summed E-state index contributed by atoms with van der Waals surface area (Å²) in [6.07, 6.45) is 3.79. The highest BCUT2D eigenvalue weighted by molar-refractivity contribution is 7.15. The number of carbonyl (C=O) groups is 2. The second kappa shape index (κ2) is 8.94. The number of imidazole rings is 1. The molecule has 4 rings (SSSR count). The van der Waals surface area contributed by atoms with E-state index in [0.29, 0.717) is 18.8 Å². The molecule has 1 aliphatic rings. The first-order chi connectivity index (χ1) is 15.4. The van der Waals surface area contributed by atoms with E-state index >= 15 is 0 Å². The average Bonchev–Trinajstić information content (AvgIpc) is 3.36. The van der Waals surface area contributed by atoms with Crippen LogP contribution in [-0.4, -0.2) is 32.6 Å². The lowest BCUT2D eigenvalue weighted by atomic mass is 9.92. The van der Waals surface area contributed by atoms with Crippen molar-refractivity contribution < 1.29 is 14.7 Å². The number of aryl methyl sites for hydroxylation is 1. The predicted molar refractivity (Wildman–Crippen MR) is 124 cm³/mol. The molecule has 9 heteroatoms. The first-order valence-electron chi connectivity index (χ1n) is 10.4. The molecule has 3 aromatic rings. The van der Waals surface area contributed by atoms with Crippen LogP contribution in [0.5, 0.6) is 0 Å². The zero-order chi connectivity index (χ0) is 22.8. The Labute approximate surface area is 189 Å². The highest BCUT2D eigenvalue weighted by atomic mass is 32.1. The quantitative estimate of drug-likeness (QED) is 0.506. The van der Waals surface area contributed by atoms with Gasteiger partial charge in [-0.3, -0.25) is 14.9 Å². The maximum Gasteiger partial charge on any atom is 0.268 e. The van der Waals surface area contributed by atoms with Crippen molar-refractivity contribution in [3.8, 4) is 6.07 Å². The number of anilines is 2. The summed E-state index contributed by atoms with van der Waals surface area (Å²) in [5, 5.41) is 24.8. The number of nitriles is 1. The fourth-order valence-corrected chi connectivity index (χ4v) is 4.91. The van der Waals surface area contributed by atoms with E-state index in [1.54, 1.807) is 0 Å². The van der Waals surface area contributed by atoms with E-state index in [2.05, 4.69) is 26.8 Å². The van der Waals surface area contributed by atoms with Crippen LogP contribution in [0, 0.1) is 18.3 Å². The van der Waals surface area contributed by atoms with Gasteiger partial charge in [0.25, 0.3) is 5.91 Å². The zero-order valence-electron chi connectivity index (χ0n) is 17.6. The summed E-state index contributed by atoms with van der Waals surface area (Å²) in [7, 11) is 0. The Morgan fingerprint density at radius 1 is 1.31 bits per heavy atom. The Bertz CT molecular complexity index is 1240. The standard InChI is InChI=1S/C23H23N5O3S/c1-3-20(30)25-17-11-18(32-19(17)12-24)22(31)27-23-26-16-6-4-5-13(2)21(16)28(23)14-7-9-15(29)10-8-14/h3-6,11,14-15,29H,1,7-10H2,2H3,(H,25,30)(H,26,27,31). The molecule has 0 bridgehead atoms. The third-order valence-electron chi connectivity index (χ3n) is 5.67. The molecule has 2 amide bonds. The summed E-state index contributed by atoms with van der Waals surface area (Å²) in [5.74, 6) is -0.428. The first-order valence-corrected chi connectivity index (χ1v) is 11.2. The van der Waals surface area contributed by atoms with Gasteiger partial charge in [0.1, 0.15) is 10.9 Å². The van der Waals surface area contributed by atoms with Crippen molar-refractivity contribution in [1.29, 1.82) is 5.26 Å². The molecule has 1 saturated carbocycles. The van der Waals surface area contributed by atoms with E-state index in [9.17, 15) is 20.0 Å². The minimum atomic E-state index is -0.456. The largest absolute Gasteiger partial charge is 0.393 e. The normalized spacial score (nSPS) is 18.2. The van der Waals surface area contributed by atoms with Gasteiger partial charge in [-0.15, -0.1) is 11.3 Å². The Balaban J connectivity index is 1.69. The molecule has 0 aliphatic heterocycles. The van der Waals surface area contributed by atoms with Gasteiger partial charge in [0.2, 0.25) is 11.9 Å². The van der Waals surface area contributed by atoms with Crippen molar-refractivity contribution in [2.24, 2.45) is 0 Å². The topological polar surface area (TPSA) is 120 Å². The second-order valence-corrected chi connectivity index (χ2v) is 8.88. The number of aliphatic hydroxyl groups is 1. The molecule has 0 radical (unpaired) electrons. The summed E-state index contributed by atoms with van der Waals surface area (Å²) < 4.78 is 2.06. The number of para-hydroxylation sites is 1. The summed E-state index contributed by atoms with van der Waals surface area (Å²) >= 11 is 0.999. The molecule has 3 N–H and O–H groups in total. The Hall–Kier alpha value is -3.48. The van der Waals surface area contributed by atoms with Crippen molar-refractivity contribution >= 4 is 45.8 Å². The van der Waals surface area contributed by atoms with Gasteiger partial charge in [-0.25, -0.2) is 4.98 Å².